The molecule has 4 nitrogen and oxygen atoms in total. The fourth-order valence-corrected chi connectivity index (χ4v) is 3.34. The van der Waals surface area contributed by atoms with Crippen molar-refractivity contribution in [3.63, 3.8) is 0 Å². The number of carbonyl (C=O) groups excluding carboxylic acids is 1. The molecule has 1 unspecified atom stereocenters. The molecular weight excluding hydrogens is 331 g/mol. The van der Waals surface area contributed by atoms with Crippen LogP contribution in [-0.2, 0) is 4.79 Å². The molecule has 2 aliphatic rings. The number of nitrogens with zero attached hydrogens (tertiary/aromatic N) is 3. The van der Waals surface area contributed by atoms with Crippen molar-refractivity contribution >= 4 is 12.1 Å². The number of benzene rings is 1. The molecule has 25 heavy (non-hydrogen) atoms. The highest BCUT2D eigenvalue weighted by Gasteiger charge is 2.39. The second-order valence-electron chi connectivity index (χ2n) is 6.35. The predicted molar refractivity (Wildman–Crippen MR) is 88.6 cm³/mol. The molecular formula is C18H20F3N3O. The zero-order valence-corrected chi connectivity index (χ0v) is 13.7. The topological polar surface area (TPSA) is 35.9 Å². The summed E-state index contributed by atoms with van der Waals surface area (Å²) < 4.78 is 38.2. The van der Waals surface area contributed by atoms with E-state index < -0.39 is 11.9 Å². The second-order valence-corrected chi connectivity index (χ2v) is 6.35. The third-order valence-electron chi connectivity index (χ3n) is 4.79. The molecule has 0 aromatic heterocycles. The summed E-state index contributed by atoms with van der Waals surface area (Å²) in [4.78, 5) is 14.0. The normalized spacial score (nSPS) is 21.6. The van der Waals surface area contributed by atoms with Crippen molar-refractivity contribution in [2.75, 3.05) is 13.1 Å². The van der Waals surface area contributed by atoms with Gasteiger partial charge in [0.25, 0.3) is 0 Å². The van der Waals surface area contributed by atoms with Gasteiger partial charge in [-0.3, -0.25) is 4.79 Å². The Morgan fingerprint density at radius 3 is 2.40 bits per heavy atom. The summed E-state index contributed by atoms with van der Waals surface area (Å²) in [7, 11) is 0. The van der Waals surface area contributed by atoms with Crippen LogP contribution in [0.1, 0.15) is 30.9 Å². The highest BCUT2D eigenvalue weighted by molar-refractivity contribution is 5.82. The molecule has 0 aliphatic carbocycles. The Hall–Kier alpha value is -2.31. The summed E-state index contributed by atoms with van der Waals surface area (Å²) in [6.07, 6.45) is -1.30. The molecule has 1 aromatic carbocycles. The lowest BCUT2D eigenvalue weighted by atomic mass is 9.94. The number of hydrogen-bond donors (Lipinski definition) is 0. The molecule has 1 fully saturated rings. The van der Waals surface area contributed by atoms with Crippen molar-refractivity contribution < 1.29 is 18.0 Å². The minimum Gasteiger partial charge on any atom is -0.368 e. The maximum absolute atomic E-state index is 12.8. The minimum absolute atomic E-state index is 0.111. The zero-order chi connectivity index (χ0) is 18.0. The largest absolute Gasteiger partial charge is 0.430 e. The van der Waals surface area contributed by atoms with E-state index in [-0.39, 0.29) is 31.0 Å². The smallest absolute Gasteiger partial charge is 0.368 e. The Labute approximate surface area is 144 Å². The van der Waals surface area contributed by atoms with E-state index in [0.29, 0.717) is 19.3 Å². The first-order valence-corrected chi connectivity index (χ1v) is 8.29. The van der Waals surface area contributed by atoms with E-state index in [1.54, 1.807) is 6.21 Å². The molecule has 3 rings (SSSR count). The lowest BCUT2D eigenvalue weighted by molar-refractivity contribution is -0.139. The molecule has 1 saturated heterocycles. The van der Waals surface area contributed by atoms with Crippen LogP contribution >= 0.6 is 0 Å². The van der Waals surface area contributed by atoms with Crippen molar-refractivity contribution in [3.05, 3.63) is 48.2 Å². The molecule has 0 bridgehead atoms. The molecule has 0 N–H and O–H groups in total. The van der Waals surface area contributed by atoms with E-state index in [4.69, 9.17) is 0 Å². The van der Waals surface area contributed by atoms with Gasteiger partial charge in [-0.2, -0.15) is 18.3 Å². The van der Waals surface area contributed by atoms with Crippen molar-refractivity contribution in [2.45, 2.75) is 31.5 Å². The van der Waals surface area contributed by atoms with E-state index in [9.17, 15) is 18.0 Å². The monoisotopic (exact) mass is 351 g/mol. The molecule has 1 aromatic rings. The van der Waals surface area contributed by atoms with Gasteiger partial charge in [0, 0.05) is 31.6 Å². The van der Waals surface area contributed by atoms with Crippen LogP contribution < -0.4 is 0 Å². The molecule has 2 heterocycles. The van der Waals surface area contributed by atoms with Gasteiger partial charge in [0.05, 0.1) is 6.04 Å². The summed E-state index contributed by atoms with van der Waals surface area (Å²) in [6.45, 7) is 3.50. The van der Waals surface area contributed by atoms with E-state index in [2.05, 4.69) is 11.7 Å². The Balaban J connectivity index is 1.63. The molecule has 0 saturated carbocycles. The number of amides is 1. The number of hydrogen-bond acceptors (Lipinski definition) is 3. The number of halogens is 3. The van der Waals surface area contributed by atoms with E-state index in [1.807, 2.05) is 30.3 Å². The average Bonchev–Trinajstić information content (AvgIpc) is 3.10. The number of hydrazone groups is 1. The highest BCUT2D eigenvalue weighted by Crippen LogP contribution is 2.34. The Bertz CT molecular complexity index is 664. The SMILES string of the molecule is C=C(N1CCC(C(=O)N2N=CCC2c2ccccc2)CC1)C(F)(F)F. The summed E-state index contributed by atoms with van der Waals surface area (Å²) in [5, 5.41) is 5.70. The Morgan fingerprint density at radius 2 is 1.80 bits per heavy atom. The molecule has 7 heteroatoms. The van der Waals surface area contributed by atoms with E-state index in [1.165, 1.54) is 9.91 Å². The Morgan fingerprint density at radius 1 is 1.16 bits per heavy atom. The van der Waals surface area contributed by atoms with E-state index in [0.717, 1.165) is 5.56 Å². The highest BCUT2D eigenvalue weighted by atomic mass is 19.4. The zero-order valence-electron chi connectivity index (χ0n) is 13.7. The third-order valence-corrected chi connectivity index (χ3v) is 4.79. The van der Waals surface area contributed by atoms with Gasteiger partial charge in [0.2, 0.25) is 5.91 Å². The van der Waals surface area contributed by atoms with Crippen LogP contribution in [0.15, 0.2) is 47.7 Å². The van der Waals surface area contributed by atoms with Crippen molar-refractivity contribution in [2.24, 2.45) is 11.0 Å². The molecule has 2 aliphatic heterocycles. The fraction of sp³-hybridized carbons (Fsp3) is 0.444. The van der Waals surface area contributed by atoms with E-state index >= 15 is 0 Å². The van der Waals surface area contributed by atoms with Crippen molar-refractivity contribution in [1.82, 2.24) is 9.91 Å². The fourth-order valence-electron chi connectivity index (χ4n) is 3.34. The summed E-state index contributed by atoms with van der Waals surface area (Å²) in [5.74, 6) is -0.418. The quantitative estimate of drug-likeness (QED) is 0.832. The van der Waals surface area contributed by atoms with Gasteiger partial charge in [0.1, 0.15) is 5.70 Å². The first-order valence-electron chi connectivity index (χ1n) is 8.29. The number of likely N-dealkylation sites (tertiary alicyclic amines) is 1. The van der Waals surface area contributed by atoms with Gasteiger partial charge in [-0.15, -0.1) is 0 Å². The van der Waals surface area contributed by atoms with Crippen LogP contribution in [0.5, 0.6) is 0 Å². The minimum atomic E-state index is -4.42. The van der Waals surface area contributed by atoms with Crippen LogP contribution in [0.25, 0.3) is 0 Å². The number of piperidine rings is 1. The lowest BCUT2D eigenvalue weighted by Gasteiger charge is -2.36. The third kappa shape index (κ3) is 3.70. The number of alkyl halides is 3. The van der Waals surface area contributed by atoms with Crippen LogP contribution in [0.3, 0.4) is 0 Å². The first-order chi connectivity index (χ1) is 11.9. The van der Waals surface area contributed by atoms with Crippen molar-refractivity contribution in [3.8, 4) is 0 Å². The number of carbonyl (C=O) groups is 1. The standard InChI is InChI=1S/C18H20F3N3O/c1-13(18(19,20)21)23-11-8-15(9-12-23)17(25)24-16(7-10-22-24)14-5-3-2-4-6-14/h2-6,10,15-16H,1,7-9,11-12H2. The molecule has 0 spiro atoms. The van der Waals surface area contributed by atoms with Gasteiger partial charge in [-0.05, 0) is 18.4 Å². The van der Waals surface area contributed by atoms with Crippen LogP contribution in [0.4, 0.5) is 13.2 Å². The van der Waals surface area contributed by atoms with Crippen molar-refractivity contribution in [1.29, 1.82) is 0 Å². The first kappa shape index (κ1) is 17.5. The molecule has 0 radical (unpaired) electrons. The van der Waals surface area contributed by atoms with Crippen LogP contribution in [0, 0.1) is 5.92 Å². The number of allylic oxidation sites excluding steroid dienone is 1. The maximum atomic E-state index is 12.8. The average molecular weight is 351 g/mol. The predicted octanol–water partition coefficient (Wildman–Crippen LogP) is 3.73. The Kier molecular flexibility index (Phi) is 4.83. The summed E-state index contributed by atoms with van der Waals surface area (Å²) in [5.41, 5.74) is 0.177. The van der Waals surface area contributed by atoms with Crippen LogP contribution in [-0.4, -0.2) is 41.3 Å². The summed E-state index contributed by atoms with van der Waals surface area (Å²) >= 11 is 0. The lowest BCUT2D eigenvalue weighted by Crippen LogP contribution is -2.42. The van der Waals surface area contributed by atoms with Gasteiger partial charge < -0.3 is 4.90 Å². The molecule has 1 amide bonds. The van der Waals surface area contributed by atoms with Crippen LogP contribution in [0.2, 0.25) is 0 Å². The maximum Gasteiger partial charge on any atom is 0.430 e. The van der Waals surface area contributed by atoms with Gasteiger partial charge in [-0.25, -0.2) is 5.01 Å². The molecule has 1 atom stereocenters. The second kappa shape index (κ2) is 6.90. The summed E-state index contributed by atoms with van der Waals surface area (Å²) in [6, 6.07) is 9.52. The van der Waals surface area contributed by atoms with Gasteiger partial charge >= 0.3 is 6.18 Å². The van der Waals surface area contributed by atoms with Gasteiger partial charge in [0.15, 0.2) is 0 Å². The number of rotatable bonds is 3. The molecule has 134 valence electrons. The van der Waals surface area contributed by atoms with Gasteiger partial charge in [-0.1, -0.05) is 36.9 Å².